The fraction of sp³-hybridized carbons (Fsp3) is 0.545. The first-order valence-corrected chi connectivity index (χ1v) is 10.7. The van der Waals surface area contributed by atoms with Crippen molar-refractivity contribution in [2.75, 3.05) is 19.8 Å². The number of amides is 1. The smallest absolute Gasteiger partial charge is 0.233 e. The molecule has 5 nitrogen and oxygen atoms in total. The monoisotopic (exact) mass is 400 g/mol. The Morgan fingerprint density at radius 2 is 1.93 bits per heavy atom. The Labute approximate surface area is 170 Å². The molecular weight excluding hydrogens is 376 g/mol. The topological polar surface area (TPSA) is 55.6 Å². The van der Waals surface area contributed by atoms with Crippen LogP contribution < -0.4 is 0 Å². The molecular formula is C22H25ClN2O3. The highest BCUT2D eigenvalue weighted by molar-refractivity contribution is 6.30. The second-order valence-corrected chi connectivity index (χ2v) is 8.66. The van der Waals surface area contributed by atoms with Crippen molar-refractivity contribution in [2.45, 2.75) is 56.4 Å². The molecule has 1 saturated carbocycles. The molecule has 28 heavy (non-hydrogen) atoms. The van der Waals surface area contributed by atoms with Gasteiger partial charge in [0.15, 0.2) is 5.89 Å². The average Bonchev–Trinajstić information content (AvgIpc) is 3.12. The lowest BCUT2D eigenvalue weighted by Gasteiger charge is -2.44. The molecule has 0 atom stereocenters. The maximum atomic E-state index is 13.5. The van der Waals surface area contributed by atoms with Crippen LogP contribution in [-0.2, 0) is 27.9 Å². The Balaban J connectivity index is 1.36. The first-order valence-electron chi connectivity index (χ1n) is 10.3. The predicted octanol–water partition coefficient (Wildman–Crippen LogP) is 4.23. The lowest BCUT2D eigenvalue weighted by atomic mass is 9.63. The maximum absolute atomic E-state index is 13.5. The molecule has 1 aromatic carbocycles. The van der Waals surface area contributed by atoms with Crippen molar-refractivity contribution >= 4 is 17.5 Å². The number of aromatic nitrogens is 1. The quantitative estimate of drug-likeness (QED) is 0.773. The van der Waals surface area contributed by atoms with Gasteiger partial charge >= 0.3 is 0 Å². The molecule has 1 aliphatic carbocycles. The molecule has 1 amide bonds. The zero-order valence-corrected chi connectivity index (χ0v) is 16.7. The van der Waals surface area contributed by atoms with Gasteiger partial charge in [-0.25, -0.2) is 4.98 Å². The normalized spacial score (nSPS) is 21.8. The van der Waals surface area contributed by atoms with Gasteiger partial charge in [-0.05, 0) is 43.4 Å². The molecule has 5 rings (SSSR count). The van der Waals surface area contributed by atoms with Gasteiger partial charge in [-0.3, -0.25) is 4.79 Å². The summed E-state index contributed by atoms with van der Waals surface area (Å²) in [7, 11) is 0. The average molecular weight is 401 g/mol. The molecule has 0 unspecified atom stereocenters. The van der Waals surface area contributed by atoms with Crippen LogP contribution in [0.1, 0.15) is 60.9 Å². The van der Waals surface area contributed by atoms with E-state index in [1.165, 1.54) is 0 Å². The number of rotatable bonds is 3. The summed E-state index contributed by atoms with van der Waals surface area (Å²) in [5, 5.41) is 0.705. The SMILES string of the molecule is O=C(N1CCc2oc(C3CCOCC3)nc2C1)C1(c2ccc(Cl)cc2)CCC1. The second kappa shape index (κ2) is 7.20. The molecule has 2 aliphatic heterocycles. The molecule has 3 aliphatic rings. The highest BCUT2D eigenvalue weighted by Crippen LogP contribution is 2.46. The van der Waals surface area contributed by atoms with Crippen molar-refractivity contribution < 1.29 is 13.9 Å². The summed E-state index contributed by atoms with van der Waals surface area (Å²) in [6, 6.07) is 7.79. The third-order valence-corrected chi connectivity index (χ3v) is 6.87. The van der Waals surface area contributed by atoms with E-state index in [0.29, 0.717) is 24.0 Å². The Hall–Kier alpha value is -1.85. The summed E-state index contributed by atoms with van der Waals surface area (Å²) in [6.07, 6.45) is 5.56. The summed E-state index contributed by atoms with van der Waals surface area (Å²) in [5.74, 6) is 2.36. The van der Waals surface area contributed by atoms with E-state index in [0.717, 1.165) is 74.6 Å². The highest BCUT2D eigenvalue weighted by Gasteiger charge is 2.48. The first-order chi connectivity index (χ1) is 13.7. The van der Waals surface area contributed by atoms with Crippen molar-refractivity contribution in [1.29, 1.82) is 0 Å². The zero-order valence-electron chi connectivity index (χ0n) is 16.0. The Kier molecular flexibility index (Phi) is 4.68. The van der Waals surface area contributed by atoms with Crippen molar-refractivity contribution in [3.8, 4) is 0 Å². The molecule has 6 heteroatoms. The number of hydrogen-bond donors (Lipinski definition) is 0. The molecule has 3 heterocycles. The van der Waals surface area contributed by atoms with Gasteiger partial charge in [0.25, 0.3) is 0 Å². The van der Waals surface area contributed by atoms with E-state index in [2.05, 4.69) is 0 Å². The minimum atomic E-state index is -0.393. The van der Waals surface area contributed by atoms with Gasteiger partial charge in [0.1, 0.15) is 11.5 Å². The lowest BCUT2D eigenvalue weighted by molar-refractivity contribution is -0.142. The minimum Gasteiger partial charge on any atom is -0.445 e. The summed E-state index contributed by atoms with van der Waals surface area (Å²) in [4.78, 5) is 20.3. The first kappa shape index (κ1) is 18.2. The van der Waals surface area contributed by atoms with E-state index in [4.69, 9.17) is 25.7 Å². The molecule has 0 radical (unpaired) electrons. The number of benzene rings is 1. The molecule has 1 aromatic heterocycles. The second-order valence-electron chi connectivity index (χ2n) is 8.23. The van der Waals surface area contributed by atoms with Crippen LogP contribution in [0.4, 0.5) is 0 Å². The number of fused-ring (bicyclic) bond motifs is 1. The third kappa shape index (κ3) is 3.05. The molecule has 0 bridgehead atoms. The number of carbonyl (C=O) groups is 1. The van der Waals surface area contributed by atoms with Gasteiger partial charge in [-0.2, -0.15) is 0 Å². The third-order valence-electron chi connectivity index (χ3n) is 6.62. The summed E-state index contributed by atoms with van der Waals surface area (Å²) in [5.41, 5.74) is 1.63. The molecule has 2 aromatic rings. The fourth-order valence-corrected chi connectivity index (χ4v) is 4.86. The maximum Gasteiger partial charge on any atom is 0.233 e. The van der Waals surface area contributed by atoms with Crippen LogP contribution in [0.25, 0.3) is 0 Å². The molecule has 2 fully saturated rings. The van der Waals surface area contributed by atoms with Gasteiger partial charge in [-0.1, -0.05) is 30.2 Å². The Bertz CT molecular complexity index is 866. The van der Waals surface area contributed by atoms with Crippen LogP contribution in [0.2, 0.25) is 5.02 Å². The predicted molar refractivity (Wildman–Crippen MR) is 105 cm³/mol. The van der Waals surface area contributed by atoms with Gasteiger partial charge in [-0.15, -0.1) is 0 Å². The van der Waals surface area contributed by atoms with Crippen LogP contribution in [0.3, 0.4) is 0 Å². The molecule has 1 saturated heterocycles. The lowest BCUT2D eigenvalue weighted by Crippen LogP contribution is -2.52. The van der Waals surface area contributed by atoms with E-state index >= 15 is 0 Å². The number of hydrogen-bond acceptors (Lipinski definition) is 4. The van der Waals surface area contributed by atoms with Crippen LogP contribution >= 0.6 is 11.6 Å². The number of carbonyl (C=O) groups excluding carboxylic acids is 1. The van der Waals surface area contributed by atoms with Crippen molar-refractivity contribution in [3.05, 3.63) is 52.2 Å². The number of oxazole rings is 1. The van der Waals surface area contributed by atoms with E-state index in [-0.39, 0.29) is 5.91 Å². The molecule has 0 N–H and O–H groups in total. The highest BCUT2D eigenvalue weighted by atomic mass is 35.5. The van der Waals surface area contributed by atoms with Crippen LogP contribution in [0, 0.1) is 0 Å². The van der Waals surface area contributed by atoms with E-state index < -0.39 is 5.41 Å². The Morgan fingerprint density at radius 3 is 2.61 bits per heavy atom. The van der Waals surface area contributed by atoms with E-state index in [1.807, 2.05) is 29.2 Å². The standard InChI is InChI=1S/C22H25ClN2O3/c23-17-4-2-16(3-5-17)22(9-1-10-22)21(26)25-11-6-19-18(14-25)24-20(28-19)15-7-12-27-13-8-15/h2-5,15H,1,6-14H2. The van der Waals surface area contributed by atoms with E-state index in [1.54, 1.807) is 0 Å². The zero-order chi connectivity index (χ0) is 19.1. The van der Waals surface area contributed by atoms with Crippen molar-refractivity contribution in [1.82, 2.24) is 9.88 Å². The van der Waals surface area contributed by atoms with Gasteiger partial charge in [0.2, 0.25) is 5.91 Å². The summed E-state index contributed by atoms with van der Waals surface area (Å²) in [6.45, 7) is 2.79. The van der Waals surface area contributed by atoms with Crippen molar-refractivity contribution in [2.24, 2.45) is 0 Å². The van der Waals surface area contributed by atoms with Gasteiger partial charge in [0, 0.05) is 37.1 Å². The van der Waals surface area contributed by atoms with Crippen LogP contribution in [0.15, 0.2) is 28.7 Å². The molecule has 0 spiro atoms. The largest absolute Gasteiger partial charge is 0.445 e. The molecule has 148 valence electrons. The van der Waals surface area contributed by atoms with Gasteiger partial charge in [0.05, 0.1) is 12.0 Å². The van der Waals surface area contributed by atoms with Crippen molar-refractivity contribution in [3.63, 3.8) is 0 Å². The summed E-state index contributed by atoms with van der Waals surface area (Å²) < 4.78 is 11.5. The Morgan fingerprint density at radius 1 is 1.18 bits per heavy atom. The number of halogens is 1. The fourth-order valence-electron chi connectivity index (χ4n) is 4.74. The van der Waals surface area contributed by atoms with Crippen LogP contribution in [0.5, 0.6) is 0 Å². The minimum absolute atomic E-state index is 0.224. The van der Waals surface area contributed by atoms with Crippen LogP contribution in [-0.4, -0.2) is 35.5 Å². The number of ether oxygens (including phenoxy) is 1. The summed E-state index contributed by atoms with van der Waals surface area (Å²) >= 11 is 6.05. The number of nitrogens with zero attached hydrogens (tertiary/aromatic N) is 2. The van der Waals surface area contributed by atoms with E-state index in [9.17, 15) is 4.79 Å². The van der Waals surface area contributed by atoms with Gasteiger partial charge < -0.3 is 14.1 Å².